The molecule has 2 aliphatic heterocycles. The van der Waals surface area contributed by atoms with Gasteiger partial charge in [0.05, 0.1) is 12.6 Å². The van der Waals surface area contributed by atoms with E-state index in [1.165, 1.54) is 0 Å². The molecule has 0 bridgehead atoms. The van der Waals surface area contributed by atoms with Crippen molar-refractivity contribution < 1.29 is 19.0 Å². The Balaban J connectivity index is 1.84. The molecule has 0 atom stereocenters. The second kappa shape index (κ2) is 5.11. The fourth-order valence-corrected chi connectivity index (χ4v) is 3.40. The molecule has 1 aromatic heterocycles. The van der Waals surface area contributed by atoms with Crippen LogP contribution in [0, 0.1) is 0 Å². The lowest BCUT2D eigenvalue weighted by Gasteiger charge is -2.13. The van der Waals surface area contributed by atoms with Crippen LogP contribution in [-0.2, 0) is 6.54 Å². The fraction of sp³-hybridized carbons (Fsp3) is 0.158. The van der Waals surface area contributed by atoms with Crippen LogP contribution in [0.2, 0.25) is 0 Å². The number of ether oxygens (including phenoxy) is 3. The molecule has 25 heavy (non-hydrogen) atoms. The molecular formula is C19H14N2O4. The number of carbonyl (C=O) groups is 1. The number of rotatable bonds is 2. The highest BCUT2D eigenvalue weighted by atomic mass is 16.7. The van der Waals surface area contributed by atoms with E-state index in [1.807, 2.05) is 36.4 Å². The smallest absolute Gasteiger partial charge is 0.270 e. The zero-order chi connectivity index (χ0) is 17.0. The number of carbonyl (C=O) groups excluding carboxylic acids is 1. The van der Waals surface area contributed by atoms with Gasteiger partial charge >= 0.3 is 0 Å². The van der Waals surface area contributed by atoms with E-state index in [9.17, 15) is 4.79 Å². The fourth-order valence-electron chi connectivity index (χ4n) is 3.40. The standard InChI is InChI=1S/C19H14N2O4/c1-23-11-3-4-14-12(7-11)17(13-8-20-19(22)18(13)21-14)10-2-5-15-16(6-10)25-9-24-15/h2-7H,8-9H2,1H3,(H,20,22). The molecular weight excluding hydrogens is 320 g/mol. The Bertz CT molecular complexity index is 1050. The minimum Gasteiger partial charge on any atom is -0.497 e. The first kappa shape index (κ1) is 14.1. The molecule has 1 N–H and O–H groups in total. The van der Waals surface area contributed by atoms with Gasteiger partial charge in [0, 0.05) is 17.5 Å². The quantitative estimate of drug-likeness (QED) is 0.780. The third-order valence-corrected chi connectivity index (χ3v) is 4.59. The van der Waals surface area contributed by atoms with E-state index in [4.69, 9.17) is 14.2 Å². The third-order valence-electron chi connectivity index (χ3n) is 4.59. The average Bonchev–Trinajstić information content (AvgIpc) is 3.25. The predicted octanol–water partition coefficient (Wildman–Crippen LogP) is 2.88. The van der Waals surface area contributed by atoms with E-state index in [2.05, 4.69) is 10.3 Å². The van der Waals surface area contributed by atoms with Gasteiger partial charge < -0.3 is 19.5 Å². The highest BCUT2D eigenvalue weighted by Crippen LogP contribution is 2.41. The summed E-state index contributed by atoms with van der Waals surface area (Å²) in [6, 6.07) is 11.5. The van der Waals surface area contributed by atoms with Crippen molar-refractivity contribution in [3.8, 4) is 28.4 Å². The lowest BCUT2D eigenvalue weighted by Crippen LogP contribution is -2.13. The molecule has 0 spiro atoms. The number of benzene rings is 2. The van der Waals surface area contributed by atoms with Gasteiger partial charge in [-0.15, -0.1) is 0 Å². The van der Waals surface area contributed by atoms with Crippen LogP contribution < -0.4 is 19.5 Å². The number of aromatic nitrogens is 1. The lowest BCUT2D eigenvalue weighted by atomic mass is 9.94. The van der Waals surface area contributed by atoms with E-state index < -0.39 is 0 Å². The monoisotopic (exact) mass is 334 g/mol. The molecule has 124 valence electrons. The van der Waals surface area contributed by atoms with Gasteiger partial charge in [-0.3, -0.25) is 4.79 Å². The lowest BCUT2D eigenvalue weighted by molar-refractivity contribution is 0.0962. The van der Waals surface area contributed by atoms with Gasteiger partial charge in [-0.2, -0.15) is 0 Å². The summed E-state index contributed by atoms with van der Waals surface area (Å²) in [5.74, 6) is 2.03. The zero-order valence-electron chi connectivity index (χ0n) is 13.5. The largest absolute Gasteiger partial charge is 0.497 e. The number of hydrogen-bond acceptors (Lipinski definition) is 5. The Hall–Kier alpha value is -3.28. The number of nitrogens with one attached hydrogen (secondary N) is 1. The second-order valence-corrected chi connectivity index (χ2v) is 5.95. The maximum Gasteiger partial charge on any atom is 0.270 e. The van der Waals surface area contributed by atoms with Crippen molar-refractivity contribution >= 4 is 16.8 Å². The van der Waals surface area contributed by atoms with E-state index in [1.54, 1.807) is 7.11 Å². The molecule has 0 radical (unpaired) electrons. The Kier molecular flexibility index (Phi) is 2.88. The molecule has 5 rings (SSSR count). The molecule has 2 aromatic carbocycles. The Morgan fingerprint density at radius 2 is 2.00 bits per heavy atom. The van der Waals surface area contributed by atoms with E-state index in [0.29, 0.717) is 18.0 Å². The van der Waals surface area contributed by atoms with Gasteiger partial charge in [-0.05, 0) is 41.5 Å². The SMILES string of the molecule is COc1ccc2nc3c(c(-c4ccc5c(c4)OCO5)c2c1)CNC3=O. The molecule has 0 saturated heterocycles. The summed E-state index contributed by atoms with van der Waals surface area (Å²) in [6.45, 7) is 0.680. The van der Waals surface area contributed by atoms with Crippen molar-refractivity contribution in [3.05, 3.63) is 47.7 Å². The van der Waals surface area contributed by atoms with Crippen LogP contribution in [0.4, 0.5) is 0 Å². The summed E-state index contributed by atoms with van der Waals surface area (Å²) >= 11 is 0. The van der Waals surface area contributed by atoms with Crippen molar-refractivity contribution in [1.29, 1.82) is 0 Å². The van der Waals surface area contributed by atoms with Crippen molar-refractivity contribution in [2.75, 3.05) is 13.9 Å². The normalized spacial score (nSPS) is 14.5. The number of nitrogens with zero attached hydrogens (tertiary/aromatic N) is 1. The number of methoxy groups -OCH3 is 1. The van der Waals surface area contributed by atoms with Crippen LogP contribution in [0.15, 0.2) is 36.4 Å². The maximum absolute atomic E-state index is 12.2. The van der Waals surface area contributed by atoms with E-state index in [-0.39, 0.29) is 12.7 Å². The number of pyridine rings is 1. The van der Waals surface area contributed by atoms with Crippen LogP contribution in [0.5, 0.6) is 17.2 Å². The molecule has 6 heteroatoms. The topological polar surface area (TPSA) is 69.7 Å². The summed E-state index contributed by atoms with van der Waals surface area (Å²) in [5, 5.41) is 3.80. The van der Waals surface area contributed by atoms with Crippen LogP contribution in [0.3, 0.4) is 0 Å². The molecule has 0 saturated carbocycles. The first-order valence-electron chi connectivity index (χ1n) is 7.93. The van der Waals surface area contributed by atoms with Gasteiger partial charge in [0.25, 0.3) is 5.91 Å². The minimum absolute atomic E-state index is 0.144. The summed E-state index contributed by atoms with van der Waals surface area (Å²) in [5.41, 5.74) is 4.05. The van der Waals surface area contributed by atoms with Crippen LogP contribution in [0.25, 0.3) is 22.0 Å². The summed E-state index contributed by atoms with van der Waals surface area (Å²) in [4.78, 5) is 16.7. The Morgan fingerprint density at radius 3 is 2.88 bits per heavy atom. The molecule has 6 nitrogen and oxygen atoms in total. The second-order valence-electron chi connectivity index (χ2n) is 5.95. The molecule has 0 fully saturated rings. The van der Waals surface area contributed by atoms with E-state index in [0.717, 1.165) is 39.1 Å². The Morgan fingerprint density at radius 1 is 1.12 bits per heavy atom. The van der Waals surface area contributed by atoms with Gasteiger partial charge in [0.2, 0.25) is 6.79 Å². The number of amides is 1. The summed E-state index contributed by atoms with van der Waals surface area (Å²) in [6.07, 6.45) is 0. The third kappa shape index (κ3) is 2.04. The van der Waals surface area contributed by atoms with E-state index >= 15 is 0 Å². The van der Waals surface area contributed by atoms with Gasteiger partial charge in [0.1, 0.15) is 11.4 Å². The Labute approximate surface area is 143 Å². The molecule has 3 aromatic rings. The average molecular weight is 334 g/mol. The highest BCUT2D eigenvalue weighted by molar-refractivity contribution is 6.06. The van der Waals surface area contributed by atoms with Gasteiger partial charge in [-0.1, -0.05) is 6.07 Å². The van der Waals surface area contributed by atoms with Crippen molar-refractivity contribution in [1.82, 2.24) is 10.3 Å². The molecule has 0 unspecified atom stereocenters. The maximum atomic E-state index is 12.2. The van der Waals surface area contributed by atoms with Gasteiger partial charge in [0.15, 0.2) is 11.5 Å². The first-order valence-corrected chi connectivity index (χ1v) is 7.93. The highest BCUT2D eigenvalue weighted by Gasteiger charge is 2.27. The van der Waals surface area contributed by atoms with Crippen LogP contribution in [-0.4, -0.2) is 24.8 Å². The number of fused-ring (bicyclic) bond motifs is 3. The molecule has 1 amide bonds. The molecule has 0 aliphatic carbocycles. The van der Waals surface area contributed by atoms with Gasteiger partial charge in [-0.25, -0.2) is 4.98 Å². The van der Waals surface area contributed by atoms with Crippen molar-refractivity contribution in [2.45, 2.75) is 6.54 Å². The zero-order valence-corrected chi connectivity index (χ0v) is 13.5. The first-order chi connectivity index (χ1) is 12.2. The summed E-state index contributed by atoms with van der Waals surface area (Å²) < 4.78 is 16.3. The van der Waals surface area contributed by atoms with Crippen molar-refractivity contribution in [2.24, 2.45) is 0 Å². The predicted molar refractivity (Wildman–Crippen MR) is 91.0 cm³/mol. The number of hydrogen-bond donors (Lipinski definition) is 1. The molecule has 2 aliphatic rings. The molecule has 3 heterocycles. The van der Waals surface area contributed by atoms with Crippen molar-refractivity contribution in [3.63, 3.8) is 0 Å². The summed E-state index contributed by atoms with van der Waals surface area (Å²) in [7, 11) is 1.63. The van der Waals surface area contributed by atoms with Crippen LogP contribution >= 0.6 is 0 Å². The van der Waals surface area contributed by atoms with Crippen LogP contribution in [0.1, 0.15) is 16.1 Å². The minimum atomic E-state index is -0.144.